The first-order valence-corrected chi connectivity index (χ1v) is 6.61. The zero-order valence-electron chi connectivity index (χ0n) is 10.8. The van der Waals surface area contributed by atoms with E-state index in [1.165, 1.54) is 12.8 Å². The number of nitrogens with zero attached hydrogens (tertiary/aromatic N) is 3. The van der Waals surface area contributed by atoms with Crippen LogP contribution in [-0.2, 0) is 6.42 Å². The lowest BCUT2D eigenvalue weighted by atomic mass is 10.3. The van der Waals surface area contributed by atoms with Crippen LogP contribution in [0.2, 0.25) is 0 Å². The van der Waals surface area contributed by atoms with Crippen molar-refractivity contribution in [3.05, 3.63) is 11.9 Å². The van der Waals surface area contributed by atoms with Crippen molar-refractivity contribution in [1.82, 2.24) is 9.97 Å². The fraction of sp³-hybridized carbons (Fsp3) is 0.692. The van der Waals surface area contributed by atoms with Gasteiger partial charge in [0.2, 0.25) is 0 Å². The number of anilines is 2. The van der Waals surface area contributed by atoms with Crippen molar-refractivity contribution in [3.63, 3.8) is 0 Å². The van der Waals surface area contributed by atoms with E-state index in [1.54, 1.807) is 0 Å². The van der Waals surface area contributed by atoms with E-state index in [0.29, 0.717) is 5.82 Å². The molecular formula is C13H22N4. The lowest BCUT2D eigenvalue weighted by Crippen LogP contribution is -2.26. The van der Waals surface area contributed by atoms with Crippen molar-refractivity contribution in [2.45, 2.75) is 39.5 Å². The molecule has 2 N–H and O–H groups in total. The molecule has 1 aliphatic carbocycles. The summed E-state index contributed by atoms with van der Waals surface area (Å²) in [4.78, 5) is 11.2. The highest BCUT2D eigenvalue weighted by Crippen LogP contribution is 2.31. The van der Waals surface area contributed by atoms with Gasteiger partial charge in [-0.2, -0.15) is 0 Å². The zero-order chi connectivity index (χ0) is 12.3. The third-order valence-electron chi connectivity index (χ3n) is 3.13. The van der Waals surface area contributed by atoms with Crippen LogP contribution in [0.25, 0.3) is 0 Å². The van der Waals surface area contributed by atoms with Gasteiger partial charge in [0.15, 0.2) is 0 Å². The van der Waals surface area contributed by atoms with E-state index in [1.807, 2.05) is 6.07 Å². The predicted molar refractivity (Wildman–Crippen MR) is 71.1 cm³/mol. The van der Waals surface area contributed by atoms with E-state index in [0.717, 1.165) is 43.5 Å². The average molecular weight is 234 g/mol. The number of nitrogen functional groups attached to an aromatic ring is 1. The summed E-state index contributed by atoms with van der Waals surface area (Å²) in [5.41, 5.74) is 5.85. The van der Waals surface area contributed by atoms with Gasteiger partial charge >= 0.3 is 0 Å². The van der Waals surface area contributed by atoms with Crippen molar-refractivity contribution < 1.29 is 0 Å². The molecule has 0 bridgehead atoms. The minimum Gasteiger partial charge on any atom is -0.384 e. The first-order valence-electron chi connectivity index (χ1n) is 6.61. The smallest absolute Gasteiger partial charge is 0.134 e. The third-order valence-corrected chi connectivity index (χ3v) is 3.13. The fourth-order valence-corrected chi connectivity index (χ4v) is 2.00. The highest BCUT2D eigenvalue weighted by molar-refractivity contribution is 5.47. The predicted octanol–water partition coefficient (Wildman–Crippen LogP) is 2.25. The standard InChI is InChI=1S/C13H22N4/c1-3-5-12-15-11(14)8-13(16-12)17(4-2)9-10-6-7-10/h8,10H,3-7,9H2,1-2H3,(H2,14,15,16). The number of hydrogen-bond acceptors (Lipinski definition) is 4. The summed E-state index contributed by atoms with van der Waals surface area (Å²) in [6.07, 6.45) is 4.68. The molecule has 1 aliphatic rings. The molecule has 94 valence electrons. The van der Waals surface area contributed by atoms with Gasteiger partial charge in [-0.25, -0.2) is 9.97 Å². The molecule has 1 fully saturated rings. The lowest BCUT2D eigenvalue weighted by Gasteiger charge is -2.22. The van der Waals surface area contributed by atoms with Crippen LogP contribution in [0, 0.1) is 5.92 Å². The molecule has 1 aromatic heterocycles. The monoisotopic (exact) mass is 234 g/mol. The van der Waals surface area contributed by atoms with Crippen molar-refractivity contribution in [2.75, 3.05) is 23.7 Å². The molecule has 0 spiro atoms. The molecule has 4 nitrogen and oxygen atoms in total. The van der Waals surface area contributed by atoms with E-state index < -0.39 is 0 Å². The normalized spacial score (nSPS) is 14.9. The summed E-state index contributed by atoms with van der Waals surface area (Å²) >= 11 is 0. The van der Waals surface area contributed by atoms with E-state index in [4.69, 9.17) is 5.73 Å². The summed E-state index contributed by atoms with van der Waals surface area (Å²) < 4.78 is 0. The third kappa shape index (κ3) is 3.32. The Hall–Kier alpha value is -1.32. The van der Waals surface area contributed by atoms with E-state index >= 15 is 0 Å². The first kappa shape index (κ1) is 12.1. The molecule has 0 atom stereocenters. The van der Waals surface area contributed by atoms with Crippen LogP contribution >= 0.6 is 0 Å². The van der Waals surface area contributed by atoms with Crippen LogP contribution in [0.1, 0.15) is 38.9 Å². The second-order valence-electron chi connectivity index (χ2n) is 4.80. The number of aromatic nitrogens is 2. The highest BCUT2D eigenvalue weighted by Gasteiger charge is 2.24. The average Bonchev–Trinajstić information content (AvgIpc) is 3.09. The molecule has 4 heteroatoms. The fourth-order valence-electron chi connectivity index (χ4n) is 2.00. The summed E-state index contributed by atoms with van der Waals surface area (Å²) in [6.45, 7) is 6.39. The van der Waals surface area contributed by atoms with Crippen LogP contribution < -0.4 is 10.6 Å². The van der Waals surface area contributed by atoms with Gasteiger partial charge in [-0.05, 0) is 32.1 Å². The van der Waals surface area contributed by atoms with E-state index in [2.05, 4.69) is 28.7 Å². The Morgan fingerprint density at radius 2 is 2.12 bits per heavy atom. The molecule has 2 rings (SSSR count). The topological polar surface area (TPSA) is 55.0 Å². The van der Waals surface area contributed by atoms with Gasteiger partial charge in [0.25, 0.3) is 0 Å². The quantitative estimate of drug-likeness (QED) is 0.820. The summed E-state index contributed by atoms with van der Waals surface area (Å²) in [5, 5.41) is 0. The molecule has 0 aliphatic heterocycles. The Balaban J connectivity index is 2.15. The maximum Gasteiger partial charge on any atom is 0.134 e. The van der Waals surface area contributed by atoms with Crippen molar-refractivity contribution in [3.8, 4) is 0 Å². The highest BCUT2D eigenvalue weighted by atomic mass is 15.2. The number of rotatable bonds is 6. The van der Waals surface area contributed by atoms with Crippen molar-refractivity contribution in [2.24, 2.45) is 5.92 Å². The Morgan fingerprint density at radius 1 is 1.35 bits per heavy atom. The van der Waals surface area contributed by atoms with Crippen LogP contribution in [0.15, 0.2) is 6.07 Å². The minimum absolute atomic E-state index is 0.590. The number of hydrogen-bond donors (Lipinski definition) is 1. The summed E-state index contributed by atoms with van der Waals surface area (Å²) in [5.74, 6) is 3.32. The molecular weight excluding hydrogens is 212 g/mol. The van der Waals surface area contributed by atoms with E-state index in [9.17, 15) is 0 Å². The molecule has 1 saturated carbocycles. The first-order chi connectivity index (χ1) is 8.22. The summed E-state index contributed by atoms with van der Waals surface area (Å²) in [7, 11) is 0. The van der Waals surface area contributed by atoms with Gasteiger partial charge < -0.3 is 10.6 Å². The van der Waals surface area contributed by atoms with E-state index in [-0.39, 0.29) is 0 Å². The maximum atomic E-state index is 5.85. The molecule has 0 saturated heterocycles. The molecule has 1 heterocycles. The minimum atomic E-state index is 0.590. The summed E-state index contributed by atoms with van der Waals surface area (Å²) in [6, 6.07) is 1.89. The Kier molecular flexibility index (Phi) is 3.82. The lowest BCUT2D eigenvalue weighted by molar-refractivity contribution is 0.723. The molecule has 0 unspecified atom stereocenters. The Labute approximate surface area is 103 Å². The van der Waals surface area contributed by atoms with Crippen molar-refractivity contribution >= 4 is 11.6 Å². The van der Waals surface area contributed by atoms with Crippen LogP contribution in [0.4, 0.5) is 11.6 Å². The Bertz CT molecular complexity index is 374. The van der Waals surface area contributed by atoms with Gasteiger partial charge in [0, 0.05) is 25.6 Å². The molecule has 0 radical (unpaired) electrons. The van der Waals surface area contributed by atoms with Crippen LogP contribution in [-0.4, -0.2) is 23.1 Å². The second kappa shape index (κ2) is 5.34. The Morgan fingerprint density at radius 3 is 2.71 bits per heavy atom. The molecule has 0 aromatic carbocycles. The number of nitrogens with two attached hydrogens (primary N) is 1. The van der Waals surface area contributed by atoms with Crippen LogP contribution in [0.5, 0.6) is 0 Å². The van der Waals surface area contributed by atoms with Gasteiger partial charge in [-0.15, -0.1) is 0 Å². The second-order valence-corrected chi connectivity index (χ2v) is 4.80. The van der Waals surface area contributed by atoms with Crippen LogP contribution in [0.3, 0.4) is 0 Å². The molecule has 0 amide bonds. The SMILES string of the molecule is CCCc1nc(N)cc(N(CC)CC2CC2)n1. The zero-order valence-corrected chi connectivity index (χ0v) is 10.8. The number of aryl methyl sites for hydroxylation is 1. The van der Waals surface area contributed by atoms with Crippen molar-refractivity contribution in [1.29, 1.82) is 0 Å². The van der Waals surface area contributed by atoms with Gasteiger partial charge in [-0.3, -0.25) is 0 Å². The molecule has 1 aromatic rings. The van der Waals surface area contributed by atoms with Gasteiger partial charge in [0.1, 0.15) is 17.5 Å². The molecule has 17 heavy (non-hydrogen) atoms. The van der Waals surface area contributed by atoms with Gasteiger partial charge in [-0.1, -0.05) is 6.92 Å². The largest absolute Gasteiger partial charge is 0.384 e. The van der Waals surface area contributed by atoms with Gasteiger partial charge in [0.05, 0.1) is 0 Å². The maximum absolute atomic E-state index is 5.85.